The lowest BCUT2D eigenvalue weighted by molar-refractivity contribution is 0.179. The van der Waals surface area contributed by atoms with Crippen molar-refractivity contribution in [3.05, 3.63) is 23.7 Å². The molecule has 0 amide bonds. The van der Waals surface area contributed by atoms with Gasteiger partial charge in [0.2, 0.25) is 0 Å². The second kappa shape index (κ2) is 6.55. The first-order valence-corrected chi connectivity index (χ1v) is 9.79. The number of likely N-dealkylation sites (N-methyl/N-ethyl adjacent to an activating group) is 2. The molecule has 23 heavy (non-hydrogen) atoms. The lowest BCUT2D eigenvalue weighted by Crippen LogP contribution is -2.51. The third-order valence-corrected chi connectivity index (χ3v) is 7.12. The van der Waals surface area contributed by atoms with Crippen molar-refractivity contribution in [2.75, 3.05) is 33.7 Å². The summed E-state index contributed by atoms with van der Waals surface area (Å²) in [5, 5.41) is 0. The van der Waals surface area contributed by atoms with E-state index in [0.29, 0.717) is 6.54 Å². The van der Waals surface area contributed by atoms with Gasteiger partial charge < -0.3 is 9.32 Å². The monoisotopic (exact) mass is 341 g/mol. The van der Waals surface area contributed by atoms with Crippen LogP contribution in [0.4, 0.5) is 0 Å². The molecule has 2 unspecified atom stereocenters. The molecule has 0 spiro atoms. The lowest BCUT2D eigenvalue weighted by Gasteiger charge is -2.37. The molecule has 0 saturated carbocycles. The third kappa shape index (κ3) is 3.33. The maximum absolute atomic E-state index is 13.1. The summed E-state index contributed by atoms with van der Waals surface area (Å²) in [7, 11) is 0.307. The predicted octanol–water partition coefficient (Wildman–Crippen LogP) is 2.00. The average Bonchev–Trinajstić information content (AvgIpc) is 3.15. The molecule has 1 aromatic heterocycles. The Morgan fingerprint density at radius 2 is 1.96 bits per heavy atom. The molecule has 2 aliphatic heterocycles. The van der Waals surface area contributed by atoms with E-state index in [1.807, 2.05) is 19.1 Å². The average molecular weight is 341 g/mol. The van der Waals surface area contributed by atoms with Crippen LogP contribution in [0.2, 0.25) is 0 Å². The summed E-state index contributed by atoms with van der Waals surface area (Å²) in [6, 6.07) is 3.69. The van der Waals surface area contributed by atoms with Crippen molar-refractivity contribution in [1.29, 1.82) is 0 Å². The van der Waals surface area contributed by atoms with Crippen LogP contribution in [0, 0.1) is 6.92 Å². The number of hydrogen-bond acceptors (Lipinski definition) is 4. The molecule has 2 atom stereocenters. The predicted molar refractivity (Wildman–Crippen MR) is 89.3 cm³/mol. The number of aryl methyl sites for hydroxylation is 1. The zero-order valence-electron chi connectivity index (χ0n) is 14.2. The molecule has 0 aromatic carbocycles. The maximum atomic E-state index is 13.1. The van der Waals surface area contributed by atoms with Gasteiger partial charge in [-0.3, -0.25) is 0 Å². The van der Waals surface area contributed by atoms with Crippen LogP contribution in [-0.2, 0) is 10.2 Å². The molecule has 7 heteroatoms. The second-order valence-electron chi connectivity index (χ2n) is 6.80. The van der Waals surface area contributed by atoms with E-state index in [1.165, 1.54) is 0 Å². The van der Waals surface area contributed by atoms with Crippen LogP contribution in [-0.4, -0.2) is 61.7 Å². The largest absolute Gasteiger partial charge is 0.465 e. The summed E-state index contributed by atoms with van der Waals surface area (Å²) in [5.74, 6) is 1.59. The Morgan fingerprint density at radius 3 is 2.61 bits per heavy atom. The molecule has 0 radical (unpaired) electrons. The Labute approximate surface area is 139 Å². The van der Waals surface area contributed by atoms with E-state index in [4.69, 9.17) is 4.42 Å². The van der Waals surface area contributed by atoms with Crippen LogP contribution >= 0.6 is 0 Å². The van der Waals surface area contributed by atoms with E-state index < -0.39 is 10.2 Å². The van der Waals surface area contributed by atoms with E-state index in [1.54, 1.807) is 15.7 Å². The van der Waals surface area contributed by atoms with Crippen LogP contribution in [0.15, 0.2) is 16.5 Å². The van der Waals surface area contributed by atoms with Gasteiger partial charge in [-0.15, -0.1) is 0 Å². The number of rotatable bonds is 4. The van der Waals surface area contributed by atoms with Gasteiger partial charge in [-0.1, -0.05) is 0 Å². The fourth-order valence-electron chi connectivity index (χ4n) is 3.72. The highest BCUT2D eigenvalue weighted by Crippen LogP contribution is 2.36. The molecule has 3 heterocycles. The molecule has 2 fully saturated rings. The van der Waals surface area contributed by atoms with Crippen molar-refractivity contribution in [3.63, 3.8) is 0 Å². The highest BCUT2D eigenvalue weighted by Gasteiger charge is 2.41. The molecular formula is C16H27N3O3S. The Kier molecular flexibility index (Phi) is 4.83. The summed E-state index contributed by atoms with van der Waals surface area (Å²) in [6.45, 7) is 4.30. The molecule has 1 aromatic rings. The van der Waals surface area contributed by atoms with E-state index in [-0.39, 0.29) is 12.1 Å². The number of piperidine rings is 1. The van der Waals surface area contributed by atoms with E-state index in [0.717, 1.165) is 50.3 Å². The first kappa shape index (κ1) is 17.0. The molecule has 2 saturated heterocycles. The second-order valence-corrected chi connectivity index (χ2v) is 8.74. The number of likely N-dealkylation sites (tertiary alicyclic amines) is 1. The van der Waals surface area contributed by atoms with Crippen molar-refractivity contribution < 1.29 is 12.8 Å². The van der Waals surface area contributed by atoms with Gasteiger partial charge in [0.15, 0.2) is 0 Å². The van der Waals surface area contributed by atoms with Crippen molar-refractivity contribution in [2.45, 2.75) is 44.7 Å². The molecule has 6 nitrogen and oxygen atoms in total. The van der Waals surface area contributed by atoms with Crippen LogP contribution in [0.3, 0.4) is 0 Å². The normalized spacial score (nSPS) is 27.8. The van der Waals surface area contributed by atoms with Gasteiger partial charge in [-0.05, 0) is 58.3 Å². The van der Waals surface area contributed by atoms with Crippen molar-refractivity contribution in [1.82, 2.24) is 13.5 Å². The molecule has 0 bridgehead atoms. The standard InChI is InChI=1S/C16H27N3O3S/c1-13-8-9-16(22-13)15-7-5-11-19(15)23(20,21)18(3)14-6-4-10-17(2)12-14/h8-9,14-15H,4-7,10-12H2,1-3H3. The summed E-state index contributed by atoms with van der Waals surface area (Å²) in [6.07, 6.45) is 3.67. The molecular weight excluding hydrogens is 314 g/mol. The van der Waals surface area contributed by atoms with Gasteiger partial charge in [-0.25, -0.2) is 0 Å². The fourth-order valence-corrected chi connectivity index (χ4v) is 5.49. The first-order valence-electron chi connectivity index (χ1n) is 8.39. The van der Waals surface area contributed by atoms with E-state index in [2.05, 4.69) is 11.9 Å². The highest BCUT2D eigenvalue weighted by atomic mass is 32.2. The SMILES string of the molecule is Cc1ccc(C2CCCN2S(=O)(=O)N(C)C2CCCN(C)C2)o1. The summed E-state index contributed by atoms with van der Waals surface area (Å²) in [4.78, 5) is 2.21. The van der Waals surface area contributed by atoms with E-state index >= 15 is 0 Å². The Bertz CT molecular complexity index is 643. The molecule has 3 rings (SSSR count). The highest BCUT2D eigenvalue weighted by molar-refractivity contribution is 7.86. The van der Waals surface area contributed by atoms with Crippen LogP contribution in [0.25, 0.3) is 0 Å². The summed E-state index contributed by atoms with van der Waals surface area (Å²) < 4.78 is 35.1. The zero-order chi connectivity index (χ0) is 16.6. The Hall–Kier alpha value is -0.890. The maximum Gasteiger partial charge on any atom is 0.282 e. The van der Waals surface area contributed by atoms with Crippen LogP contribution in [0.1, 0.15) is 43.2 Å². The minimum atomic E-state index is -3.47. The van der Waals surface area contributed by atoms with Gasteiger partial charge in [0.05, 0.1) is 6.04 Å². The van der Waals surface area contributed by atoms with Gasteiger partial charge >= 0.3 is 0 Å². The lowest BCUT2D eigenvalue weighted by atomic mass is 10.1. The van der Waals surface area contributed by atoms with Gasteiger partial charge in [0, 0.05) is 26.2 Å². The van der Waals surface area contributed by atoms with Gasteiger partial charge in [0.25, 0.3) is 10.2 Å². The molecule has 2 aliphatic rings. The van der Waals surface area contributed by atoms with Gasteiger partial charge in [0.1, 0.15) is 11.5 Å². The minimum absolute atomic E-state index is 0.0540. The molecule has 0 aliphatic carbocycles. The van der Waals surface area contributed by atoms with Crippen molar-refractivity contribution >= 4 is 10.2 Å². The van der Waals surface area contributed by atoms with Crippen molar-refractivity contribution in [3.8, 4) is 0 Å². The molecule has 130 valence electrons. The fraction of sp³-hybridized carbons (Fsp3) is 0.750. The number of furan rings is 1. The summed E-state index contributed by atoms with van der Waals surface area (Å²) >= 11 is 0. The Morgan fingerprint density at radius 1 is 1.22 bits per heavy atom. The topological polar surface area (TPSA) is 57.0 Å². The first-order chi connectivity index (χ1) is 10.9. The Balaban J connectivity index is 1.80. The smallest absolute Gasteiger partial charge is 0.282 e. The number of hydrogen-bond donors (Lipinski definition) is 0. The van der Waals surface area contributed by atoms with Crippen molar-refractivity contribution in [2.24, 2.45) is 0 Å². The number of nitrogens with zero attached hydrogens (tertiary/aromatic N) is 3. The van der Waals surface area contributed by atoms with E-state index in [9.17, 15) is 8.42 Å². The zero-order valence-corrected chi connectivity index (χ0v) is 15.1. The summed E-state index contributed by atoms with van der Waals surface area (Å²) in [5.41, 5.74) is 0. The van der Waals surface area contributed by atoms with Crippen LogP contribution in [0.5, 0.6) is 0 Å². The third-order valence-electron chi connectivity index (χ3n) is 5.07. The quantitative estimate of drug-likeness (QED) is 0.840. The van der Waals surface area contributed by atoms with Gasteiger partial charge in [-0.2, -0.15) is 17.0 Å². The molecule has 0 N–H and O–H groups in total. The minimum Gasteiger partial charge on any atom is -0.465 e. The van der Waals surface area contributed by atoms with Crippen LogP contribution < -0.4 is 0 Å².